The molecule has 1 aromatic carbocycles. The summed E-state index contributed by atoms with van der Waals surface area (Å²) in [5.74, 6) is 1.69. The summed E-state index contributed by atoms with van der Waals surface area (Å²) in [7, 11) is 0. The largest absolute Gasteiger partial charge is 0.314 e. The molecule has 0 amide bonds. The van der Waals surface area contributed by atoms with Gasteiger partial charge in [-0.15, -0.1) is 10.2 Å². The number of nitrogens with zero attached hydrogens (tertiary/aromatic N) is 6. The maximum absolute atomic E-state index is 14.3. The Labute approximate surface area is 138 Å². The predicted octanol–water partition coefficient (Wildman–Crippen LogP) is 1.41. The van der Waals surface area contributed by atoms with Crippen LogP contribution in [0.3, 0.4) is 0 Å². The lowest BCUT2D eigenvalue weighted by Crippen LogP contribution is -2.37. The van der Waals surface area contributed by atoms with Crippen molar-refractivity contribution < 1.29 is 4.39 Å². The molecule has 0 unspecified atom stereocenters. The first-order valence-corrected chi connectivity index (χ1v) is 7.96. The van der Waals surface area contributed by atoms with Crippen LogP contribution in [0.25, 0.3) is 5.69 Å². The van der Waals surface area contributed by atoms with E-state index in [1.54, 1.807) is 12.1 Å². The van der Waals surface area contributed by atoms with E-state index in [2.05, 4.69) is 30.2 Å². The van der Waals surface area contributed by atoms with Gasteiger partial charge in [0.2, 0.25) is 0 Å². The highest BCUT2D eigenvalue weighted by Crippen LogP contribution is 2.17. The molecule has 7 nitrogen and oxygen atoms in total. The fraction of sp³-hybridized carbons (Fsp3) is 0.375. The lowest BCUT2D eigenvalue weighted by Gasteiger charge is -2.25. The molecule has 0 spiro atoms. The Morgan fingerprint density at radius 3 is 3.04 bits per heavy atom. The molecule has 1 aliphatic heterocycles. The normalized spacial score (nSPS) is 17.0. The topological polar surface area (TPSA) is 73.5 Å². The summed E-state index contributed by atoms with van der Waals surface area (Å²) in [6.07, 6.45) is 4.80. The number of nitrogens with one attached hydrogen (secondary N) is 1. The number of halogens is 1. The Kier molecular flexibility index (Phi) is 3.81. The van der Waals surface area contributed by atoms with Gasteiger partial charge in [-0.25, -0.2) is 14.1 Å². The summed E-state index contributed by atoms with van der Waals surface area (Å²) in [4.78, 5) is 3.84. The molecule has 1 N–H and O–H groups in total. The zero-order valence-corrected chi connectivity index (χ0v) is 13.4. The minimum atomic E-state index is -0.305. The number of hydrogen-bond donors (Lipinski definition) is 1. The molecule has 1 atom stereocenters. The molecule has 24 heavy (non-hydrogen) atoms. The van der Waals surface area contributed by atoms with Crippen LogP contribution in [0.4, 0.5) is 4.39 Å². The van der Waals surface area contributed by atoms with Crippen molar-refractivity contribution in [3.8, 4) is 5.69 Å². The van der Waals surface area contributed by atoms with Gasteiger partial charge in [0.1, 0.15) is 35.8 Å². The molecular formula is C16H18FN7. The standard InChI is InChI=1S/C16H18FN7/c1-11-21-22-16-5-3-13(8-23(11)16)19-7-12-2-4-15(14(17)6-12)24-10-18-9-20-24/h2,4,6,9-10,13,19H,3,5,7-8H2,1H3/t13-/m0/s1. The molecule has 8 heteroatoms. The van der Waals surface area contributed by atoms with Gasteiger partial charge in [-0.05, 0) is 31.0 Å². The molecular weight excluding hydrogens is 309 g/mol. The summed E-state index contributed by atoms with van der Waals surface area (Å²) in [5.41, 5.74) is 1.31. The molecule has 4 rings (SSSR count). The molecule has 0 saturated heterocycles. The highest BCUT2D eigenvalue weighted by atomic mass is 19.1. The molecule has 0 fully saturated rings. The van der Waals surface area contributed by atoms with Crippen LogP contribution in [-0.4, -0.2) is 35.6 Å². The third-order valence-corrected chi connectivity index (χ3v) is 4.40. The zero-order chi connectivity index (χ0) is 16.5. The monoisotopic (exact) mass is 327 g/mol. The average Bonchev–Trinajstić information content (AvgIpc) is 3.24. The molecule has 3 heterocycles. The maximum atomic E-state index is 14.3. The first-order valence-electron chi connectivity index (χ1n) is 7.96. The SMILES string of the molecule is Cc1nnc2n1C[C@@H](NCc1ccc(-n3cncn3)c(F)c1)CC2. The fourth-order valence-corrected chi connectivity index (χ4v) is 3.07. The molecule has 3 aromatic rings. The zero-order valence-electron chi connectivity index (χ0n) is 13.4. The van der Waals surface area contributed by atoms with E-state index in [1.165, 1.54) is 17.3 Å². The van der Waals surface area contributed by atoms with E-state index in [0.717, 1.165) is 36.6 Å². The van der Waals surface area contributed by atoms with Crippen LogP contribution in [0.2, 0.25) is 0 Å². The summed E-state index contributed by atoms with van der Waals surface area (Å²) >= 11 is 0. The number of aromatic nitrogens is 6. The van der Waals surface area contributed by atoms with E-state index in [-0.39, 0.29) is 5.82 Å². The van der Waals surface area contributed by atoms with E-state index in [0.29, 0.717) is 18.3 Å². The van der Waals surface area contributed by atoms with Gasteiger partial charge in [-0.1, -0.05) is 6.07 Å². The van der Waals surface area contributed by atoms with Gasteiger partial charge in [0.25, 0.3) is 0 Å². The van der Waals surface area contributed by atoms with Crippen molar-refractivity contribution in [2.75, 3.05) is 0 Å². The first-order chi connectivity index (χ1) is 11.7. The van der Waals surface area contributed by atoms with Crippen LogP contribution in [0.15, 0.2) is 30.9 Å². The Bertz CT molecular complexity index is 840. The second-order valence-electron chi connectivity index (χ2n) is 6.02. The van der Waals surface area contributed by atoms with E-state index >= 15 is 0 Å². The summed E-state index contributed by atoms with van der Waals surface area (Å²) < 4.78 is 17.8. The fourth-order valence-electron chi connectivity index (χ4n) is 3.07. The van der Waals surface area contributed by atoms with E-state index in [1.807, 2.05) is 13.0 Å². The summed E-state index contributed by atoms with van der Waals surface area (Å²) in [5, 5.41) is 15.8. The van der Waals surface area contributed by atoms with Gasteiger partial charge >= 0.3 is 0 Å². The highest BCUT2D eigenvalue weighted by molar-refractivity contribution is 5.35. The number of aryl methyl sites for hydroxylation is 2. The van der Waals surface area contributed by atoms with Crippen molar-refractivity contribution in [3.05, 3.63) is 53.9 Å². The molecule has 2 aromatic heterocycles. The second kappa shape index (κ2) is 6.12. The van der Waals surface area contributed by atoms with Crippen LogP contribution in [0, 0.1) is 12.7 Å². The first kappa shape index (κ1) is 14.9. The maximum Gasteiger partial charge on any atom is 0.149 e. The predicted molar refractivity (Wildman–Crippen MR) is 85.0 cm³/mol. The Morgan fingerprint density at radius 1 is 1.33 bits per heavy atom. The van der Waals surface area contributed by atoms with Crippen molar-refractivity contribution in [3.63, 3.8) is 0 Å². The summed E-state index contributed by atoms with van der Waals surface area (Å²) in [6, 6.07) is 5.52. The van der Waals surface area contributed by atoms with Gasteiger partial charge in [0.05, 0.1) is 0 Å². The van der Waals surface area contributed by atoms with Crippen molar-refractivity contribution >= 4 is 0 Å². The molecule has 0 aliphatic carbocycles. The quantitative estimate of drug-likeness (QED) is 0.784. The van der Waals surface area contributed by atoms with Gasteiger partial charge in [0, 0.05) is 25.6 Å². The van der Waals surface area contributed by atoms with Crippen molar-refractivity contribution in [2.45, 2.75) is 38.9 Å². The lowest BCUT2D eigenvalue weighted by atomic mass is 10.1. The minimum Gasteiger partial charge on any atom is -0.314 e. The van der Waals surface area contributed by atoms with E-state index in [4.69, 9.17) is 0 Å². The van der Waals surface area contributed by atoms with Crippen LogP contribution in [0.5, 0.6) is 0 Å². The van der Waals surface area contributed by atoms with E-state index < -0.39 is 0 Å². The third-order valence-electron chi connectivity index (χ3n) is 4.40. The number of benzene rings is 1. The van der Waals surface area contributed by atoms with Crippen LogP contribution < -0.4 is 5.32 Å². The van der Waals surface area contributed by atoms with E-state index in [9.17, 15) is 4.39 Å². The Balaban J connectivity index is 1.42. The van der Waals surface area contributed by atoms with Crippen molar-refractivity contribution in [2.24, 2.45) is 0 Å². The average molecular weight is 327 g/mol. The number of hydrogen-bond acceptors (Lipinski definition) is 5. The van der Waals surface area contributed by atoms with Crippen LogP contribution in [0.1, 0.15) is 23.6 Å². The lowest BCUT2D eigenvalue weighted by molar-refractivity contribution is 0.375. The molecule has 124 valence electrons. The van der Waals surface area contributed by atoms with Gasteiger partial charge < -0.3 is 9.88 Å². The molecule has 0 radical (unpaired) electrons. The molecule has 0 saturated carbocycles. The smallest absolute Gasteiger partial charge is 0.149 e. The minimum absolute atomic E-state index is 0.305. The summed E-state index contributed by atoms with van der Waals surface area (Å²) in [6.45, 7) is 3.44. The van der Waals surface area contributed by atoms with Gasteiger partial charge in [0.15, 0.2) is 0 Å². The second-order valence-corrected chi connectivity index (χ2v) is 6.02. The highest BCUT2D eigenvalue weighted by Gasteiger charge is 2.21. The number of rotatable bonds is 4. The van der Waals surface area contributed by atoms with Crippen molar-refractivity contribution in [1.82, 2.24) is 34.8 Å². The molecule has 1 aliphatic rings. The Morgan fingerprint density at radius 2 is 2.25 bits per heavy atom. The van der Waals surface area contributed by atoms with Gasteiger partial charge in [-0.2, -0.15) is 5.10 Å². The Hall–Kier alpha value is -2.61. The van der Waals surface area contributed by atoms with Crippen molar-refractivity contribution in [1.29, 1.82) is 0 Å². The van der Waals surface area contributed by atoms with Crippen LogP contribution >= 0.6 is 0 Å². The van der Waals surface area contributed by atoms with Gasteiger partial charge in [-0.3, -0.25) is 0 Å². The molecule has 0 bridgehead atoms. The number of fused-ring (bicyclic) bond motifs is 1. The third kappa shape index (κ3) is 2.80. The van der Waals surface area contributed by atoms with Crippen LogP contribution in [-0.2, 0) is 19.5 Å².